The van der Waals surface area contributed by atoms with Crippen LogP contribution in [0.4, 0.5) is 5.13 Å². The van der Waals surface area contributed by atoms with Gasteiger partial charge in [-0.05, 0) is 36.6 Å². The summed E-state index contributed by atoms with van der Waals surface area (Å²) in [6, 6.07) is 13.5. The fraction of sp³-hybridized carbons (Fsp3) is 0.296. The molecule has 5 N–H and O–H groups in total. The first-order valence-corrected chi connectivity index (χ1v) is 13.3. The Morgan fingerprint density at radius 1 is 1.08 bits per heavy atom. The van der Waals surface area contributed by atoms with E-state index >= 15 is 0 Å². The highest BCUT2D eigenvalue weighted by Gasteiger charge is 2.33. The molecule has 11 heteroatoms. The number of thiazole rings is 1. The highest BCUT2D eigenvalue weighted by molar-refractivity contribution is 7.14. The van der Waals surface area contributed by atoms with Crippen molar-refractivity contribution < 1.29 is 19.2 Å². The van der Waals surface area contributed by atoms with Gasteiger partial charge < -0.3 is 26.6 Å². The van der Waals surface area contributed by atoms with Crippen LogP contribution < -0.4 is 21.7 Å². The molecule has 38 heavy (non-hydrogen) atoms. The third-order valence-electron chi connectivity index (χ3n) is 6.58. The number of carbonyl (C=O) groups excluding carboxylic acids is 4. The van der Waals surface area contributed by atoms with Gasteiger partial charge in [-0.3, -0.25) is 19.2 Å². The number of amides is 4. The molecule has 0 bridgehead atoms. The number of nitrogens with two attached hydrogens (primary N) is 1. The van der Waals surface area contributed by atoms with Crippen molar-refractivity contribution in [1.82, 2.24) is 20.5 Å². The fourth-order valence-corrected chi connectivity index (χ4v) is 5.08. The van der Waals surface area contributed by atoms with Gasteiger partial charge in [-0.25, -0.2) is 4.98 Å². The minimum Gasteiger partial charge on any atom is -0.366 e. The molecule has 0 spiro atoms. The minimum atomic E-state index is -0.728. The third-order valence-corrected chi connectivity index (χ3v) is 7.34. The normalized spacial score (nSPS) is 17.1. The Morgan fingerprint density at radius 3 is 2.58 bits per heavy atom. The van der Waals surface area contributed by atoms with Crippen molar-refractivity contribution in [2.45, 2.75) is 31.3 Å². The van der Waals surface area contributed by atoms with Gasteiger partial charge in [-0.15, -0.1) is 11.3 Å². The fourth-order valence-electron chi connectivity index (χ4n) is 4.36. The van der Waals surface area contributed by atoms with Gasteiger partial charge in [-0.1, -0.05) is 30.3 Å². The first kappa shape index (κ1) is 25.6. The molecule has 0 radical (unpaired) electrons. The number of rotatable bonds is 8. The first-order chi connectivity index (χ1) is 18.4. The topological polar surface area (TPSA) is 147 Å². The van der Waals surface area contributed by atoms with E-state index in [0.29, 0.717) is 53.2 Å². The summed E-state index contributed by atoms with van der Waals surface area (Å²) in [6.45, 7) is 1.22. The van der Waals surface area contributed by atoms with E-state index in [1.54, 1.807) is 36.4 Å². The maximum Gasteiger partial charge on any atom is 0.251 e. The number of anilines is 1. The van der Waals surface area contributed by atoms with Crippen LogP contribution in [-0.4, -0.2) is 65.2 Å². The van der Waals surface area contributed by atoms with Crippen LogP contribution in [0, 0.1) is 0 Å². The molecule has 5 rings (SSSR count). The summed E-state index contributed by atoms with van der Waals surface area (Å²) in [6.07, 6.45) is 2.03. The number of carbonyl (C=O) groups is 4. The molecule has 1 atom stereocenters. The zero-order valence-electron chi connectivity index (χ0n) is 20.6. The van der Waals surface area contributed by atoms with E-state index in [2.05, 4.69) is 20.9 Å². The Bertz CT molecular complexity index is 1370. The smallest absolute Gasteiger partial charge is 0.251 e. The van der Waals surface area contributed by atoms with Gasteiger partial charge in [0.25, 0.3) is 5.91 Å². The predicted molar refractivity (Wildman–Crippen MR) is 144 cm³/mol. The minimum absolute atomic E-state index is 0.0288. The second-order valence-corrected chi connectivity index (χ2v) is 10.2. The molecule has 1 aromatic heterocycles. The van der Waals surface area contributed by atoms with Crippen LogP contribution in [0.5, 0.6) is 0 Å². The molecular weight excluding hydrogens is 504 g/mol. The quantitative estimate of drug-likeness (QED) is 0.348. The highest BCUT2D eigenvalue weighted by atomic mass is 32.1. The molecule has 1 saturated heterocycles. The number of hydrogen-bond donors (Lipinski definition) is 4. The van der Waals surface area contributed by atoms with Gasteiger partial charge in [0.15, 0.2) is 5.13 Å². The molecule has 0 unspecified atom stereocenters. The zero-order chi connectivity index (χ0) is 26.6. The zero-order valence-corrected chi connectivity index (χ0v) is 21.4. The standard InChI is InChI=1S/C27H28N6O4S/c28-24(35)20-4-2-1-3-18(20)13-23(34)33-12-11-29-14-22(33)26(37)32-27-31-21(15-38-27)16-5-7-17(8-6-16)25(36)30-19-9-10-19/h1-8,15,19,22,29H,9-14H2,(H2,28,35)(H,30,36)(H,31,32,37)/t22-/m0/s1. The number of primary amides is 1. The third kappa shape index (κ3) is 5.90. The molecule has 1 aliphatic heterocycles. The number of benzene rings is 2. The highest BCUT2D eigenvalue weighted by Crippen LogP contribution is 2.26. The molecule has 3 aromatic rings. The van der Waals surface area contributed by atoms with Gasteiger partial charge in [0.05, 0.1) is 12.1 Å². The number of hydrogen-bond acceptors (Lipinski definition) is 7. The van der Waals surface area contributed by atoms with Crippen LogP contribution in [-0.2, 0) is 16.0 Å². The molecule has 10 nitrogen and oxygen atoms in total. The van der Waals surface area contributed by atoms with Crippen molar-refractivity contribution in [3.05, 3.63) is 70.6 Å². The van der Waals surface area contributed by atoms with Crippen LogP contribution >= 0.6 is 11.3 Å². The van der Waals surface area contributed by atoms with Crippen molar-refractivity contribution in [3.63, 3.8) is 0 Å². The SMILES string of the molecule is NC(=O)c1ccccc1CC(=O)N1CCNC[C@H]1C(=O)Nc1nc(-c2ccc(C(=O)NC3CC3)cc2)cs1. The number of nitrogens with zero attached hydrogens (tertiary/aromatic N) is 2. The lowest BCUT2D eigenvalue weighted by Gasteiger charge is -2.35. The van der Waals surface area contributed by atoms with Crippen molar-refractivity contribution in [2.75, 3.05) is 25.0 Å². The lowest BCUT2D eigenvalue weighted by atomic mass is 10.0. The molecule has 1 aliphatic carbocycles. The van der Waals surface area contributed by atoms with Crippen LogP contribution in [0.2, 0.25) is 0 Å². The van der Waals surface area contributed by atoms with Crippen molar-refractivity contribution in [1.29, 1.82) is 0 Å². The number of aromatic nitrogens is 1. The monoisotopic (exact) mass is 532 g/mol. The van der Waals surface area contributed by atoms with Crippen molar-refractivity contribution in [2.24, 2.45) is 5.73 Å². The summed E-state index contributed by atoms with van der Waals surface area (Å²) in [5, 5.41) is 11.2. The van der Waals surface area contributed by atoms with Gasteiger partial charge in [0.2, 0.25) is 17.7 Å². The Morgan fingerprint density at radius 2 is 1.84 bits per heavy atom. The average molecular weight is 533 g/mol. The maximum atomic E-state index is 13.2. The van der Waals surface area contributed by atoms with E-state index in [1.807, 2.05) is 17.5 Å². The van der Waals surface area contributed by atoms with E-state index < -0.39 is 11.9 Å². The van der Waals surface area contributed by atoms with E-state index in [1.165, 1.54) is 16.2 Å². The molecule has 2 aliphatic rings. The molecule has 1 saturated carbocycles. The lowest BCUT2D eigenvalue weighted by Crippen LogP contribution is -2.58. The van der Waals surface area contributed by atoms with E-state index in [4.69, 9.17) is 5.73 Å². The molecule has 4 amide bonds. The van der Waals surface area contributed by atoms with Gasteiger partial charge in [-0.2, -0.15) is 0 Å². The van der Waals surface area contributed by atoms with Crippen LogP contribution in [0.3, 0.4) is 0 Å². The second kappa shape index (κ2) is 11.1. The summed E-state index contributed by atoms with van der Waals surface area (Å²) in [4.78, 5) is 56.4. The molecule has 2 fully saturated rings. The summed E-state index contributed by atoms with van der Waals surface area (Å²) in [5.74, 6) is -1.28. The Balaban J connectivity index is 1.23. The molecule has 2 aromatic carbocycles. The van der Waals surface area contributed by atoms with Crippen LogP contribution in [0.15, 0.2) is 53.9 Å². The summed E-state index contributed by atoms with van der Waals surface area (Å²) in [7, 11) is 0. The van der Waals surface area contributed by atoms with E-state index in [9.17, 15) is 19.2 Å². The second-order valence-electron chi connectivity index (χ2n) is 9.36. The van der Waals surface area contributed by atoms with Gasteiger partial charge >= 0.3 is 0 Å². The number of nitrogens with one attached hydrogen (secondary N) is 3. The Labute approximate surface area is 223 Å². The Kier molecular flexibility index (Phi) is 7.47. The molecular formula is C27H28N6O4S. The van der Waals surface area contributed by atoms with Gasteiger partial charge in [0, 0.05) is 47.7 Å². The largest absolute Gasteiger partial charge is 0.366 e. The number of piperazine rings is 1. The average Bonchev–Trinajstić information content (AvgIpc) is 3.62. The summed E-state index contributed by atoms with van der Waals surface area (Å²) in [5.41, 5.74) is 8.38. The van der Waals surface area contributed by atoms with Gasteiger partial charge in [0.1, 0.15) is 6.04 Å². The first-order valence-electron chi connectivity index (χ1n) is 12.4. The predicted octanol–water partition coefficient (Wildman–Crippen LogP) is 1.78. The molecule has 196 valence electrons. The van der Waals surface area contributed by atoms with E-state index in [-0.39, 0.29) is 24.1 Å². The lowest BCUT2D eigenvalue weighted by molar-refractivity contribution is -0.139. The van der Waals surface area contributed by atoms with Crippen LogP contribution in [0.1, 0.15) is 39.1 Å². The Hall–Kier alpha value is -4.09. The van der Waals surface area contributed by atoms with E-state index in [0.717, 1.165) is 18.4 Å². The van der Waals surface area contributed by atoms with Crippen molar-refractivity contribution in [3.8, 4) is 11.3 Å². The maximum absolute atomic E-state index is 13.2. The molecule has 2 heterocycles. The summed E-state index contributed by atoms with van der Waals surface area (Å²) < 4.78 is 0. The van der Waals surface area contributed by atoms with Crippen LogP contribution in [0.25, 0.3) is 11.3 Å². The van der Waals surface area contributed by atoms with Crippen molar-refractivity contribution >= 4 is 40.1 Å². The summed E-state index contributed by atoms with van der Waals surface area (Å²) >= 11 is 1.28.